The lowest BCUT2D eigenvalue weighted by Crippen LogP contribution is -2.45. The van der Waals surface area contributed by atoms with E-state index in [1.807, 2.05) is 48.5 Å². The van der Waals surface area contributed by atoms with Crippen LogP contribution in [0.25, 0.3) is 0 Å². The van der Waals surface area contributed by atoms with Gasteiger partial charge in [-0.1, -0.05) is 28.1 Å². The van der Waals surface area contributed by atoms with E-state index in [0.717, 1.165) is 34.6 Å². The summed E-state index contributed by atoms with van der Waals surface area (Å²) in [6, 6.07) is 14.9. The number of nitrogens with one attached hydrogen (secondary N) is 2. The molecule has 0 radical (unpaired) electrons. The molecule has 6 heteroatoms. The quantitative estimate of drug-likeness (QED) is 0.870. The topological polar surface area (TPSA) is 56.7 Å². The Kier molecular flexibility index (Phi) is 4.73. The summed E-state index contributed by atoms with van der Waals surface area (Å²) in [5.74, 6) is 0.625. The van der Waals surface area contributed by atoms with Crippen LogP contribution >= 0.6 is 15.9 Å². The molecule has 118 valence electrons. The van der Waals surface area contributed by atoms with Gasteiger partial charge >= 0.3 is 0 Å². The highest BCUT2D eigenvalue weighted by Gasteiger charge is 2.16. The van der Waals surface area contributed by atoms with Gasteiger partial charge < -0.3 is 10.7 Å². The first-order valence-electron chi connectivity index (χ1n) is 7.32. The second-order valence-corrected chi connectivity index (χ2v) is 6.19. The van der Waals surface area contributed by atoms with Gasteiger partial charge in [0.2, 0.25) is 0 Å². The lowest BCUT2D eigenvalue weighted by atomic mass is 10.1. The Morgan fingerprint density at radius 3 is 2.70 bits per heavy atom. The molecule has 2 aromatic rings. The van der Waals surface area contributed by atoms with Gasteiger partial charge in [-0.3, -0.25) is 9.79 Å². The fraction of sp³-hybridized carbons (Fsp3) is 0.176. The number of benzene rings is 2. The molecule has 3 rings (SSSR count). The van der Waals surface area contributed by atoms with Crippen LogP contribution < -0.4 is 10.7 Å². The van der Waals surface area contributed by atoms with Crippen LogP contribution in [0.3, 0.4) is 0 Å². The smallest absolute Gasteiger partial charge is 0.255 e. The van der Waals surface area contributed by atoms with Gasteiger partial charge in [0.25, 0.3) is 5.91 Å². The Morgan fingerprint density at radius 1 is 1.22 bits per heavy atom. The van der Waals surface area contributed by atoms with E-state index in [-0.39, 0.29) is 5.91 Å². The standard InChI is InChI=1S/C17H17BrN4O/c1-22-11-10-19-16(21-22)14-4-2-3-5-15(14)20-17(23)12-6-8-13(18)9-7-12/h2-9H,10-11H2,1H3,(H,19,21)(H,20,23). The number of carbonyl (C=O) groups excluding carboxylic acids is 1. The Bertz CT molecular complexity index is 743. The number of amides is 1. The van der Waals surface area contributed by atoms with E-state index in [4.69, 9.17) is 0 Å². The molecule has 0 spiro atoms. The van der Waals surface area contributed by atoms with E-state index in [1.54, 1.807) is 12.1 Å². The number of hydrogen-bond acceptors (Lipinski definition) is 4. The van der Waals surface area contributed by atoms with Gasteiger partial charge in [-0.2, -0.15) is 0 Å². The maximum absolute atomic E-state index is 12.4. The summed E-state index contributed by atoms with van der Waals surface area (Å²) in [6.07, 6.45) is 0. The fourth-order valence-corrected chi connectivity index (χ4v) is 2.59. The Labute approximate surface area is 143 Å². The first-order chi connectivity index (χ1) is 11.1. The van der Waals surface area contributed by atoms with Crippen molar-refractivity contribution in [3.63, 3.8) is 0 Å². The van der Waals surface area contributed by atoms with Crippen molar-refractivity contribution < 1.29 is 4.79 Å². The second-order valence-electron chi connectivity index (χ2n) is 5.27. The van der Waals surface area contributed by atoms with Gasteiger partial charge in [-0.05, 0) is 36.4 Å². The Balaban J connectivity index is 1.84. The predicted molar refractivity (Wildman–Crippen MR) is 95.7 cm³/mol. The maximum atomic E-state index is 12.4. The minimum Gasteiger partial charge on any atom is -0.321 e. The highest BCUT2D eigenvalue weighted by Crippen LogP contribution is 2.18. The van der Waals surface area contributed by atoms with E-state index in [9.17, 15) is 4.79 Å². The third-order valence-corrected chi connectivity index (χ3v) is 4.07. The molecule has 2 aromatic carbocycles. The van der Waals surface area contributed by atoms with Gasteiger partial charge in [0, 0.05) is 29.2 Å². The summed E-state index contributed by atoms with van der Waals surface area (Å²) in [5.41, 5.74) is 5.45. The molecule has 2 N–H and O–H groups in total. The molecule has 1 aliphatic heterocycles. The van der Waals surface area contributed by atoms with Gasteiger partial charge in [-0.25, -0.2) is 5.01 Å². The molecule has 23 heavy (non-hydrogen) atoms. The first kappa shape index (κ1) is 15.7. The molecular formula is C17H17BrN4O. The van der Waals surface area contributed by atoms with E-state index >= 15 is 0 Å². The summed E-state index contributed by atoms with van der Waals surface area (Å²) in [6.45, 7) is 1.59. The van der Waals surface area contributed by atoms with Crippen molar-refractivity contribution in [2.75, 3.05) is 25.5 Å². The van der Waals surface area contributed by atoms with Crippen molar-refractivity contribution in [1.29, 1.82) is 0 Å². The predicted octanol–water partition coefficient (Wildman–Crippen LogP) is 2.90. The van der Waals surface area contributed by atoms with Crippen LogP contribution in [0.5, 0.6) is 0 Å². The number of aliphatic imine (C=N–C) groups is 1. The molecule has 1 aliphatic rings. The van der Waals surface area contributed by atoms with Crippen LogP contribution in [0.4, 0.5) is 5.69 Å². The number of halogens is 1. The lowest BCUT2D eigenvalue weighted by Gasteiger charge is -2.25. The lowest BCUT2D eigenvalue weighted by molar-refractivity contribution is 0.102. The van der Waals surface area contributed by atoms with Crippen molar-refractivity contribution in [3.05, 3.63) is 64.1 Å². The Morgan fingerprint density at radius 2 is 1.96 bits per heavy atom. The highest BCUT2D eigenvalue weighted by molar-refractivity contribution is 9.10. The molecule has 1 amide bonds. The average Bonchev–Trinajstić information content (AvgIpc) is 2.56. The molecule has 0 bridgehead atoms. The molecule has 0 aromatic heterocycles. The largest absolute Gasteiger partial charge is 0.321 e. The minimum atomic E-state index is -0.144. The summed E-state index contributed by atoms with van der Waals surface area (Å²) < 4.78 is 0.943. The summed E-state index contributed by atoms with van der Waals surface area (Å²) >= 11 is 3.37. The van der Waals surface area contributed by atoms with Crippen LogP contribution in [0.2, 0.25) is 0 Å². The fourth-order valence-electron chi connectivity index (χ4n) is 2.32. The van der Waals surface area contributed by atoms with Crippen LogP contribution in [0.1, 0.15) is 15.9 Å². The monoisotopic (exact) mass is 372 g/mol. The van der Waals surface area contributed by atoms with Crippen LogP contribution in [0, 0.1) is 0 Å². The normalized spacial score (nSPS) is 14.8. The molecule has 1 heterocycles. The third-order valence-electron chi connectivity index (χ3n) is 3.54. The van der Waals surface area contributed by atoms with Crippen molar-refractivity contribution in [1.82, 2.24) is 10.4 Å². The Hall–Kier alpha value is -2.18. The van der Waals surface area contributed by atoms with Crippen molar-refractivity contribution in [3.8, 4) is 0 Å². The number of hydrogen-bond donors (Lipinski definition) is 2. The van der Waals surface area contributed by atoms with E-state index in [0.29, 0.717) is 5.56 Å². The number of hydrazine groups is 1. The van der Waals surface area contributed by atoms with Crippen molar-refractivity contribution in [2.24, 2.45) is 4.99 Å². The van der Waals surface area contributed by atoms with Gasteiger partial charge in [0.1, 0.15) is 5.84 Å². The van der Waals surface area contributed by atoms with E-state index < -0.39 is 0 Å². The third kappa shape index (κ3) is 3.78. The SMILES string of the molecule is CN1CCN=C(c2ccccc2NC(=O)c2ccc(Br)cc2)N1. The molecular weight excluding hydrogens is 356 g/mol. The van der Waals surface area contributed by atoms with Gasteiger partial charge in [-0.15, -0.1) is 0 Å². The second kappa shape index (κ2) is 6.93. The number of rotatable bonds is 3. The van der Waals surface area contributed by atoms with Gasteiger partial charge in [0.15, 0.2) is 0 Å². The van der Waals surface area contributed by atoms with Crippen LogP contribution in [0.15, 0.2) is 58.0 Å². The van der Waals surface area contributed by atoms with E-state index in [1.165, 1.54) is 0 Å². The molecule has 5 nitrogen and oxygen atoms in total. The number of carbonyl (C=O) groups is 1. The zero-order valence-corrected chi connectivity index (χ0v) is 14.3. The molecule has 0 saturated heterocycles. The number of likely N-dealkylation sites (N-methyl/N-ethyl adjacent to an activating group) is 1. The molecule has 0 atom stereocenters. The molecule has 0 fully saturated rings. The molecule has 0 saturated carbocycles. The highest BCUT2D eigenvalue weighted by atomic mass is 79.9. The minimum absolute atomic E-state index is 0.144. The molecule has 0 unspecified atom stereocenters. The molecule has 0 aliphatic carbocycles. The summed E-state index contributed by atoms with van der Waals surface area (Å²) in [4.78, 5) is 16.9. The van der Waals surface area contributed by atoms with Crippen molar-refractivity contribution in [2.45, 2.75) is 0 Å². The maximum Gasteiger partial charge on any atom is 0.255 e. The first-order valence-corrected chi connectivity index (χ1v) is 8.11. The van der Waals surface area contributed by atoms with Crippen LogP contribution in [-0.4, -0.2) is 36.9 Å². The van der Waals surface area contributed by atoms with E-state index in [2.05, 4.69) is 31.7 Å². The summed E-state index contributed by atoms with van der Waals surface area (Å²) in [5, 5.41) is 4.95. The van der Waals surface area contributed by atoms with Gasteiger partial charge in [0.05, 0.1) is 12.2 Å². The van der Waals surface area contributed by atoms with Crippen molar-refractivity contribution >= 4 is 33.4 Å². The summed E-state index contributed by atoms with van der Waals surface area (Å²) in [7, 11) is 1.97. The number of amidine groups is 1. The zero-order chi connectivity index (χ0) is 16.2. The number of nitrogens with zero attached hydrogens (tertiary/aromatic N) is 2. The number of anilines is 1. The van der Waals surface area contributed by atoms with Crippen LogP contribution in [-0.2, 0) is 0 Å². The zero-order valence-electron chi connectivity index (χ0n) is 12.7. The average molecular weight is 373 g/mol. The number of para-hydroxylation sites is 1.